The fourth-order valence-corrected chi connectivity index (χ4v) is 1.67. The van der Waals surface area contributed by atoms with Gasteiger partial charge in [0.1, 0.15) is 5.78 Å². The first-order valence-electron chi connectivity index (χ1n) is 4.53. The largest absolute Gasteiger partial charge is 0.299 e. The van der Waals surface area contributed by atoms with E-state index in [1.807, 2.05) is 19.1 Å². The third kappa shape index (κ3) is 2.98. The first-order valence-corrected chi connectivity index (χ1v) is 4.97. The van der Waals surface area contributed by atoms with Crippen LogP contribution in [0.15, 0.2) is 12.2 Å². The Balaban J connectivity index is 2.27. The number of hydrogen-bond acceptors (Lipinski definition) is 1. The second-order valence-corrected chi connectivity index (χ2v) is 4.09. The van der Waals surface area contributed by atoms with Gasteiger partial charge < -0.3 is 0 Å². The SMILES string of the molecule is CC(Cl)/C=C/CC1CCCC1=O. The monoisotopic (exact) mass is 186 g/mol. The summed E-state index contributed by atoms with van der Waals surface area (Å²) in [6, 6.07) is 0. The van der Waals surface area contributed by atoms with Crippen molar-refractivity contribution in [3.05, 3.63) is 12.2 Å². The highest BCUT2D eigenvalue weighted by Gasteiger charge is 2.22. The second-order valence-electron chi connectivity index (χ2n) is 3.40. The molecule has 0 saturated heterocycles. The molecule has 0 amide bonds. The smallest absolute Gasteiger partial charge is 0.136 e. The molecule has 1 fully saturated rings. The summed E-state index contributed by atoms with van der Waals surface area (Å²) < 4.78 is 0. The maximum Gasteiger partial charge on any atom is 0.136 e. The van der Waals surface area contributed by atoms with Crippen molar-refractivity contribution in [2.45, 2.75) is 38.0 Å². The fourth-order valence-electron chi connectivity index (χ4n) is 1.57. The molecule has 0 aromatic heterocycles. The molecule has 1 rings (SSSR count). The maximum absolute atomic E-state index is 11.2. The zero-order valence-electron chi connectivity index (χ0n) is 7.42. The number of rotatable bonds is 3. The first kappa shape index (κ1) is 9.79. The molecular weight excluding hydrogens is 172 g/mol. The van der Waals surface area contributed by atoms with Gasteiger partial charge in [-0.25, -0.2) is 0 Å². The highest BCUT2D eigenvalue weighted by molar-refractivity contribution is 6.21. The summed E-state index contributed by atoms with van der Waals surface area (Å²) in [4.78, 5) is 11.2. The number of carbonyl (C=O) groups is 1. The van der Waals surface area contributed by atoms with Crippen LogP contribution in [0.3, 0.4) is 0 Å². The quantitative estimate of drug-likeness (QED) is 0.489. The summed E-state index contributed by atoms with van der Waals surface area (Å²) in [5.41, 5.74) is 0. The van der Waals surface area contributed by atoms with Crippen LogP contribution in [0.1, 0.15) is 32.6 Å². The lowest BCUT2D eigenvalue weighted by Gasteiger charge is -2.02. The van der Waals surface area contributed by atoms with Crippen molar-refractivity contribution in [2.75, 3.05) is 0 Å². The Morgan fingerprint density at radius 2 is 2.50 bits per heavy atom. The molecule has 0 bridgehead atoms. The lowest BCUT2D eigenvalue weighted by Crippen LogP contribution is -2.04. The van der Waals surface area contributed by atoms with Crippen molar-refractivity contribution < 1.29 is 4.79 Å². The third-order valence-electron chi connectivity index (χ3n) is 2.25. The van der Waals surface area contributed by atoms with Crippen LogP contribution in [0.4, 0.5) is 0 Å². The molecule has 1 saturated carbocycles. The topological polar surface area (TPSA) is 17.1 Å². The van der Waals surface area contributed by atoms with Crippen LogP contribution in [0.2, 0.25) is 0 Å². The zero-order valence-corrected chi connectivity index (χ0v) is 8.18. The van der Waals surface area contributed by atoms with Gasteiger partial charge in [0.15, 0.2) is 0 Å². The van der Waals surface area contributed by atoms with E-state index in [4.69, 9.17) is 11.6 Å². The van der Waals surface area contributed by atoms with Crippen LogP contribution < -0.4 is 0 Å². The van der Waals surface area contributed by atoms with E-state index in [2.05, 4.69) is 0 Å². The van der Waals surface area contributed by atoms with Gasteiger partial charge in [0.25, 0.3) is 0 Å². The van der Waals surface area contributed by atoms with Gasteiger partial charge in [-0.1, -0.05) is 12.2 Å². The van der Waals surface area contributed by atoms with Gasteiger partial charge in [-0.3, -0.25) is 4.79 Å². The van der Waals surface area contributed by atoms with E-state index < -0.39 is 0 Å². The normalized spacial score (nSPS) is 26.8. The van der Waals surface area contributed by atoms with E-state index in [9.17, 15) is 4.79 Å². The van der Waals surface area contributed by atoms with Gasteiger partial charge in [0.05, 0.1) is 0 Å². The van der Waals surface area contributed by atoms with Gasteiger partial charge in [0, 0.05) is 17.7 Å². The van der Waals surface area contributed by atoms with E-state index in [0.717, 1.165) is 25.7 Å². The van der Waals surface area contributed by atoms with Crippen molar-refractivity contribution in [1.82, 2.24) is 0 Å². The summed E-state index contributed by atoms with van der Waals surface area (Å²) in [6.45, 7) is 1.93. The number of Topliss-reactive ketones (excluding diaryl/α,β-unsaturated/α-hetero) is 1. The van der Waals surface area contributed by atoms with Crippen LogP contribution >= 0.6 is 11.6 Å². The molecule has 0 radical (unpaired) electrons. The average Bonchev–Trinajstić information content (AvgIpc) is 2.36. The molecule has 68 valence electrons. The number of hydrogen-bond donors (Lipinski definition) is 0. The predicted octanol–water partition coefficient (Wildman–Crippen LogP) is 2.93. The van der Waals surface area contributed by atoms with Crippen molar-refractivity contribution in [3.63, 3.8) is 0 Å². The second kappa shape index (κ2) is 4.66. The molecule has 1 aliphatic rings. The van der Waals surface area contributed by atoms with Crippen LogP contribution in [0.25, 0.3) is 0 Å². The molecule has 1 nitrogen and oxygen atoms in total. The Kier molecular flexibility index (Phi) is 3.80. The number of carbonyl (C=O) groups excluding carboxylic acids is 1. The van der Waals surface area contributed by atoms with Crippen molar-refractivity contribution in [3.8, 4) is 0 Å². The molecule has 0 aromatic carbocycles. The van der Waals surface area contributed by atoms with Crippen LogP contribution in [0.5, 0.6) is 0 Å². The van der Waals surface area contributed by atoms with E-state index in [1.165, 1.54) is 0 Å². The summed E-state index contributed by atoms with van der Waals surface area (Å²) in [6.07, 6.45) is 7.80. The predicted molar refractivity (Wildman–Crippen MR) is 51.4 cm³/mol. The molecule has 0 heterocycles. The van der Waals surface area contributed by atoms with E-state index in [1.54, 1.807) is 0 Å². The van der Waals surface area contributed by atoms with Gasteiger partial charge in [-0.15, -0.1) is 11.6 Å². The minimum Gasteiger partial charge on any atom is -0.299 e. The summed E-state index contributed by atoms with van der Waals surface area (Å²) in [5, 5.41) is 0.0847. The summed E-state index contributed by atoms with van der Waals surface area (Å²) >= 11 is 5.73. The van der Waals surface area contributed by atoms with E-state index >= 15 is 0 Å². The Bertz CT molecular complexity index is 184. The minimum absolute atomic E-state index is 0.0847. The first-order chi connectivity index (χ1) is 5.70. The molecule has 12 heavy (non-hydrogen) atoms. The van der Waals surface area contributed by atoms with E-state index in [-0.39, 0.29) is 11.3 Å². The van der Waals surface area contributed by atoms with Crippen molar-refractivity contribution in [2.24, 2.45) is 5.92 Å². The lowest BCUT2D eigenvalue weighted by atomic mass is 10.0. The Hall–Kier alpha value is -0.300. The van der Waals surface area contributed by atoms with Gasteiger partial charge in [-0.05, 0) is 26.2 Å². The molecule has 2 atom stereocenters. The highest BCUT2D eigenvalue weighted by atomic mass is 35.5. The minimum atomic E-state index is 0.0847. The Morgan fingerprint density at radius 1 is 1.75 bits per heavy atom. The zero-order chi connectivity index (χ0) is 8.97. The summed E-state index contributed by atoms with van der Waals surface area (Å²) in [5.74, 6) is 0.721. The third-order valence-corrected chi connectivity index (χ3v) is 2.40. The Labute approximate surface area is 78.8 Å². The van der Waals surface area contributed by atoms with Crippen molar-refractivity contribution in [1.29, 1.82) is 0 Å². The molecule has 0 N–H and O–H groups in total. The molecule has 0 spiro atoms. The van der Waals surface area contributed by atoms with E-state index in [0.29, 0.717) is 5.78 Å². The number of allylic oxidation sites excluding steroid dienone is 2. The molecule has 1 aliphatic carbocycles. The highest BCUT2D eigenvalue weighted by Crippen LogP contribution is 2.24. The molecule has 0 aliphatic heterocycles. The maximum atomic E-state index is 11.2. The molecule has 0 aromatic rings. The lowest BCUT2D eigenvalue weighted by molar-refractivity contribution is -0.120. The van der Waals surface area contributed by atoms with Crippen LogP contribution in [-0.4, -0.2) is 11.2 Å². The standard InChI is InChI=1S/C10H15ClO/c1-8(11)4-2-5-9-6-3-7-10(9)12/h2,4,8-9H,3,5-7H2,1H3/b4-2+. The van der Waals surface area contributed by atoms with Crippen LogP contribution in [-0.2, 0) is 4.79 Å². The van der Waals surface area contributed by atoms with Crippen molar-refractivity contribution >= 4 is 17.4 Å². The van der Waals surface area contributed by atoms with Gasteiger partial charge in [-0.2, -0.15) is 0 Å². The van der Waals surface area contributed by atoms with Gasteiger partial charge in [0.2, 0.25) is 0 Å². The van der Waals surface area contributed by atoms with Gasteiger partial charge >= 0.3 is 0 Å². The van der Waals surface area contributed by atoms with Crippen LogP contribution in [0, 0.1) is 5.92 Å². The number of halogens is 1. The Morgan fingerprint density at radius 3 is 3.00 bits per heavy atom. The fraction of sp³-hybridized carbons (Fsp3) is 0.700. The molecular formula is C10H15ClO. The number of alkyl halides is 1. The average molecular weight is 187 g/mol. The summed E-state index contributed by atoms with van der Waals surface area (Å²) in [7, 11) is 0. The number of ketones is 1. The molecule has 2 unspecified atom stereocenters. The molecule has 2 heteroatoms.